The minimum Gasteiger partial charge on any atom is -0.435 e. The minimum absolute atomic E-state index is 0.0273. The Kier molecular flexibility index (Phi) is 6.36. The normalized spacial score (nSPS) is 16.4. The van der Waals surface area contributed by atoms with Gasteiger partial charge in [0.25, 0.3) is 5.91 Å². The van der Waals surface area contributed by atoms with Crippen LogP contribution in [-0.4, -0.2) is 60.1 Å². The summed E-state index contributed by atoms with van der Waals surface area (Å²) in [5, 5.41) is 10.3. The van der Waals surface area contributed by atoms with E-state index in [0.717, 1.165) is 5.56 Å². The number of piperazine rings is 1. The van der Waals surface area contributed by atoms with Crippen molar-refractivity contribution in [3.05, 3.63) is 65.7 Å². The Bertz CT molecular complexity index is 750. The molecule has 1 amide bonds. The van der Waals surface area contributed by atoms with Crippen LogP contribution in [0, 0.1) is 0 Å². The fourth-order valence-electron chi connectivity index (χ4n) is 3.15. The van der Waals surface area contributed by atoms with Gasteiger partial charge < -0.3 is 14.7 Å². The summed E-state index contributed by atoms with van der Waals surface area (Å²) in [7, 11) is 0. The van der Waals surface area contributed by atoms with E-state index in [1.807, 2.05) is 30.3 Å². The van der Waals surface area contributed by atoms with Gasteiger partial charge in [-0.05, 0) is 23.8 Å². The second-order valence-electron chi connectivity index (χ2n) is 6.43. The van der Waals surface area contributed by atoms with Gasteiger partial charge in [0.1, 0.15) is 5.75 Å². The van der Waals surface area contributed by atoms with E-state index >= 15 is 0 Å². The van der Waals surface area contributed by atoms with Crippen molar-refractivity contribution in [2.24, 2.45) is 0 Å². The molecule has 1 aliphatic heterocycles. The molecule has 1 aliphatic rings. The molecule has 2 aromatic rings. The topological polar surface area (TPSA) is 53.0 Å². The molecule has 1 N–H and O–H groups in total. The first-order valence-corrected chi connectivity index (χ1v) is 8.82. The fraction of sp³-hybridized carbons (Fsp3) is 0.350. The van der Waals surface area contributed by atoms with E-state index < -0.39 is 12.7 Å². The van der Waals surface area contributed by atoms with Crippen LogP contribution >= 0.6 is 0 Å². The molecule has 1 heterocycles. The van der Waals surface area contributed by atoms with Gasteiger partial charge in [-0.25, -0.2) is 0 Å². The van der Waals surface area contributed by atoms with Gasteiger partial charge in [0.2, 0.25) is 0 Å². The first-order chi connectivity index (χ1) is 13.0. The van der Waals surface area contributed by atoms with Crippen LogP contribution in [-0.2, 0) is 0 Å². The highest BCUT2D eigenvalue weighted by molar-refractivity contribution is 5.94. The maximum Gasteiger partial charge on any atom is 0.387 e. The summed E-state index contributed by atoms with van der Waals surface area (Å²) in [5.74, 6) is -0.238. The number of hydrogen-bond donors (Lipinski definition) is 1. The van der Waals surface area contributed by atoms with Gasteiger partial charge in [-0.2, -0.15) is 8.78 Å². The van der Waals surface area contributed by atoms with Crippen LogP contribution in [0.15, 0.2) is 54.6 Å². The average molecular weight is 376 g/mol. The lowest BCUT2D eigenvalue weighted by atomic mass is 10.1. The zero-order valence-corrected chi connectivity index (χ0v) is 14.8. The second-order valence-corrected chi connectivity index (χ2v) is 6.43. The average Bonchev–Trinajstić information content (AvgIpc) is 2.68. The van der Waals surface area contributed by atoms with Crippen LogP contribution in [0.5, 0.6) is 5.75 Å². The molecular formula is C20H22F2N2O3. The summed E-state index contributed by atoms with van der Waals surface area (Å²) < 4.78 is 29.0. The van der Waals surface area contributed by atoms with Crippen molar-refractivity contribution >= 4 is 5.91 Å². The number of β-amino-alcohol motifs (C(OH)–C–C–N with tert-alkyl or cyclic N) is 1. The lowest BCUT2D eigenvalue weighted by Gasteiger charge is -2.35. The number of rotatable bonds is 6. The largest absolute Gasteiger partial charge is 0.435 e. The van der Waals surface area contributed by atoms with Crippen LogP contribution in [0.2, 0.25) is 0 Å². The third kappa shape index (κ3) is 5.24. The molecular weight excluding hydrogens is 354 g/mol. The van der Waals surface area contributed by atoms with Gasteiger partial charge in [-0.15, -0.1) is 0 Å². The molecule has 0 aromatic heterocycles. The molecule has 1 unspecified atom stereocenters. The summed E-state index contributed by atoms with van der Waals surface area (Å²) >= 11 is 0. The number of alkyl halides is 2. The molecule has 0 bridgehead atoms. The van der Waals surface area contributed by atoms with Crippen molar-refractivity contribution in [2.75, 3.05) is 32.7 Å². The van der Waals surface area contributed by atoms with Gasteiger partial charge in [0.05, 0.1) is 6.10 Å². The summed E-state index contributed by atoms with van der Waals surface area (Å²) in [4.78, 5) is 16.4. The van der Waals surface area contributed by atoms with E-state index in [2.05, 4.69) is 9.64 Å². The minimum atomic E-state index is -2.92. The Morgan fingerprint density at radius 1 is 1.04 bits per heavy atom. The Hall–Kier alpha value is -2.51. The number of hydrogen-bond acceptors (Lipinski definition) is 4. The quantitative estimate of drug-likeness (QED) is 0.842. The van der Waals surface area contributed by atoms with Crippen LogP contribution in [0.4, 0.5) is 8.78 Å². The molecule has 0 radical (unpaired) electrons. The van der Waals surface area contributed by atoms with Crippen molar-refractivity contribution in [2.45, 2.75) is 12.7 Å². The molecule has 27 heavy (non-hydrogen) atoms. The third-order valence-electron chi connectivity index (χ3n) is 4.58. The van der Waals surface area contributed by atoms with Crippen LogP contribution < -0.4 is 4.74 Å². The van der Waals surface area contributed by atoms with E-state index in [1.54, 1.807) is 11.0 Å². The molecule has 5 nitrogen and oxygen atoms in total. The molecule has 144 valence electrons. The number of benzene rings is 2. The molecule has 3 rings (SSSR count). The monoisotopic (exact) mass is 376 g/mol. The van der Waals surface area contributed by atoms with Crippen LogP contribution in [0.3, 0.4) is 0 Å². The number of amides is 1. The fourth-order valence-corrected chi connectivity index (χ4v) is 3.15. The van der Waals surface area contributed by atoms with E-state index in [-0.39, 0.29) is 11.7 Å². The Morgan fingerprint density at radius 3 is 2.41 bits per heavy atom. The van der Waals surface area contributed by atoms with Gasteiger partial charge in [-0.3, -0.25) is 9.69 Å². The number of aliphatic hydroxyl groups is 1. The van der Waals surface area contributed by atoms with Crippen molar-refractivity contribution < 1.29 is 23.4 Å². The summed E-state index contributed by atoms with van der Waals surface area (Å²) in [6.07, 6.45) is -0.573. The zero-order valence-electron chi connectivity index (χ0n) is 14.8. The molecule has 2 aromatic carbocycles. The van der Waals surface area contributed by atoms with Crippen LogP contribution in [0.1, 0.15) is 22.0 Å². The number of halogens is 2. The Labute approximate surface area is 156 Å². The summed E-state index contributed by atoms with van der Waals surface area (Å²) in [5.41, 5.74) is 1.19. The first-order valence-electron chi connectivity index (χ1n) is 8.82. The third-order valence-corrected chi connectivity index (χ3v) is 4.58. The van der Waals surface area contributed by atoms with Crippen molar-refractivity contribution in [1.29, 1.82) is 0 Å². The molecule has 1 atom stereocenters. The van der Waals surface area contributed by atoms with Crippen molar-refractivity contribution in [1.82, 2.24) is 9.80 Å². The van der Waals surface area contributed by atoms with E-state index in [0.29, 0.717) is 38.3 Å². The molecule has 0 saturated carbocycles. The smallest absolute Gasteiger partial charge is 0.387 e. The Morgan fingerprint density at radius 2 is 1.74 bits per heavy atom. The molecule has 1 fully saturated rings. The maximum absolute atomic E-state index is 12.6. The lowest BCUT2D eigenvalue weighted by molar-refractivity contribution is -0.0499. The number of carbonyl (C=O) groups is 1. The SMILES string of the molecule is O=C(c1cccc(OC(F)F)c1)N1CCN(CC(O)c2ccccc2)CC1. The maximum atomic E-state index is 12.6. The lowest BCUT2D eigenvalue weighted by Crippen LogP contribution is -2.49. The predicted octanol–water partition coefficient (Wildman–Crippen LogP) is 2.78. The van der Waals surface area contributed by atoms with E-state index in [4.69, 9.17) is 0 Å². The number of carbonyl (C=O) groups excluding carboxylic acids is 1. The van der Waals surface area contributed by atoms with E-state index in [1.165, 1.54) is 18.2 Å². The Balaban J connectivity index is 1.53. The first kappa shape index (κ1) is 19.3. The molecule has 1 saturated heterocycles. The zero-order chi connectivity index (χ0) is 19.2. The molecule has 7 heteroatoms. The number of nitrogens with zero attached hydrogens (tertiary/aromatic N) is 2. The predicted molar refractivity (Wildman–Crippen MR) is 96.8 cm³/mol. The second kappa shape index (κ2) is 8.92. The highest BCUT2D eigenvalue weighted by Crippen LogP contribution is 2.19. The number of aliphatic hydroxyl groups excluding tert-OH is 1. The van der Waals surface area contributed by atoms with Gasteiger partial charge in [0.15, 0.2) is 0 Å². The van der Waals surface area contributed by atoms with Crippen molar-refractivity contribution in [3.8, 4) is 5.75 Å². The molecule has 0 aliphatic carbocycles. The standard InChI is InChI=1S/C20H22F2N2O3/c21-20(22)27-17-8-4-7-16(13-17)19(26)24-11-9-23(10-12-24)14-18(25)15-5-2-1-3-6-15/h1-8,13,18,20,25H,9-12,14H2. The highest BCUT2D eigenvalue weighted by atomic mass is 19.3. The van der Waals surface area contributed by atoms with Crippen molar-refractivity contribution in [3.63, 3.8) is 0 Å². The van der Waals surface area contributed by atoms with Gasteiger partial charge >= 0.3 is 6.61 Å². The highest BCUT2D eigenvalue weighted by Gasteiger charge is 2.24. The summed E-state index contributed by atoms with van der Waals surface area (Å²) in [6.45, 7) is -0.106. The molecule has 0 spiro atoms. The van der Waals surface area contributed by atoms with Gasteiger partial charge in [0, 0.05) is 38.3 Å². The van der Waals surface area contributed by atoms with E-state index in [9.17, 15) is 18.7 Å². The van der Waals surface area contributed by atoms with Gasteiger partial charge in [-0.1, -0.05) is 36.4 Å². The van der Waals surface area contributed by atoms with Crippen LogP contribution in [0.25, 0.3) is 0 Å². The number of ether oxygens (including phenoxy) is 1. The summed E-state index contributed by atoms with van der Waals surface area (Å²) in [6, 6.07) is 15.3.